The number of amides is 1. The lowest BCUT2D eigenvalue weighted by Gasteiger charge is -2.09. The summed E-state index contributed by atoms with van der Waals surface area (Å²) in [5.74, 6) is 0.0979. The molecule has 2 aromatic rings. The van der Waals surface area contributed by atoms with Crippen LogP contribution < -0.4 is 5.32 Å². The van der Waals surface area contributed by atoms with Crippen molar-refractivity contribution in [3.05, 3.63) is 40.0 Å². The lowest BCUT2D eigenvalue weighted by molar-refractivity contribution is 0.0929. The highest BCUT2D eigenvalue weighted by molar-refractivity contribution is 6.35. The van der Waals surface area contributed by atoms with Gasteiger partial charge in [-0.3, -0.25) is 4.79 Å². The van der Waals surface area contributed by atoms with Crippen LogP contribution >= 0.6 is 23.2 Å². The van der Waals surface area contributed by atoms with Gasteiger partial charge in [-0.05, 0) is 37.1 Å². The molecule has 0 bridgehead atoms. The molecule has 1 N–H and O–H groups in total. The van der Waals surface area contributed by atoms with Crippen LogP contribution in [0.1, 0.15) is 36.2 Å². The molecule has 0 aliphatic heterocycles. The molecule has 0 saturated heterocycles. The number of carbonyl (C=O) groups is 1. The van der Waals surface area contributed by atoms with Crippen LogP contribution in [0, 0.1) is 0 Å². The molecule has 4 nitrogen and oxygen atoms in total. The van der Waals surface area contributed by atoms with Crippen molar-refractivity contribution < 1.29 is 9.32 Å². The maximum Gasteiger partial charge on any atom is 0.275 e. The van der Waals surface area contributed by atoms with Crippen LogP contribution in [0.25, 0.3) is 11.3 Å². The molecule has 1 amide bonds. The maximum atomic E-state index is 12.2. The third-order valence-corrected chi connectivity index (χ3v) is 4.25. The van der Waals surface area contributed by atoms with Gasteiger partial charge in [-0.2, -0.15) is 0 Å². The van der Waals surface area contributed by atoms with Crippen LogP contribution in [0.4, 0.5) is 0 Å². The molecule has 0 radical (unpaired) electrons. The van der Waals surface area contributed by atoms with Crippen molar-refractivity contribution in [1.29, 1.82) is 0 Å². The Morgan fingerprint density at radius 1 is 1.19 bits per heavy atom. The number of benzene rings is 1. The molecule has 1 aliphatic rings. The Morgan fingerprint density at radius 3 is 2.52 bits per heavy atom. The molecule has 1 aromatic heterocycles. The van der Waals surface area contributed by atoms with Gasteiger partial charge in [0.2, 0.25) is 0 Å². The Bertz CT molecular complexity index is 646. The highest BCUT2D eigenvalue weighted by Crippen LogP contribution is 2.31. The largest absolute Gasteiger partial charge is 0.354 e. The van der Waals surface area contributed by atoms with E-state index in [1.54, 1.807) is 24.3 Å². The number of rotatable bonds is 3. The van der Waals surface area contributed by atoms with Gasteiger partial charge in [-0.1, -0.05) is 41.2 Å². The summed E-state index contributed by atoms with van der Waals surface area (Å²) in [6.45, 7) is 0. The van der Waals surface area contributed by atoms with E-state index in [0.717, 1.165) is 31.2 Å². The number of hydrogen-bond donors (Lipinski definition) is 1. The zero-order chi connectivity index (χ0) is 14.8. The fraction of sp³-hybridized carbons (Fsp3) is 0.333. The molecule has 6 heteroatoms. The van der Waals surface area contributed by atoms with Crippen LogP contribution in [0.3, 0.4) is 0 Å². The van der Waals surface area contributed by atoms with E-state index >= 15 is 0 Å². The molecule has 3 rings (SSSR count). The summed E-state index contributed by atoms with van der Waals surface area (Å²) >= 11 is 12.1. The maximum absolute atomic E-state index is 12.2. The molecule has 0 unspecified atom stereocenters. The van der Waals surface area contributed by atoms with Gasteiger partial charge < -0.3 is 9.84 Å². The SMILES string of the molecule is O=C(NC1CCCC1)c1noc(-c2ccc(Cl)cc2)c1Cl. The molecular formula is C15H14Cl2N2O2. The number of carbonyl (C=O) groups excluding carboxylic acids is 1. The molecule has 1 aliphatic carbocycles. The first-order valence-electron chi connectivity index (χ1n) is 6.87. The van der Waals surface area contributed by atoms with Gasteiger partial charge >= 0.3 is 0 Å². The van der Waals surface area contributed by atoms with Crippen molar-refractivity contribution in [1.82, 2.24) is 10.5 Å². The molecule has 1 saturated carbocycles. The highest BCUT2D eigenvalue weighted by Gasteiger charge is 2.24. The lowest BCUT2D eigenvalue weighted by atomic mass is 10.1. The predicted octanol–water partition coefficient (Wildman–Crippen LogP) is 4.32. The first-order chi connectivity index (χ1) is 10.1. The zero-order valence-electron chi connectivity index (χ0n) is 11.2. The van der Waals surface area contributed by atoms with E-state index in [0.29, 0.717) is 10.8 Å². The second-order valence-corrected chi connectivity index (χ2v) is 5.95. The van der Waals surface area contributed by atoms with Crippen molar-refractivity contribution in [3.63, 3.8) is 0 Å². The van der Waals surface area contributed by atoms with Crippen molar-refractivity contribution in [2.24, 2.45) is 0 Å². The Balaban J connectivity index is 1.81. The third kappa shape index (κ3) is 3.06. The molecule has 0 atom stereocenters. The lowest BCUT2D eigenvalue weighted by Crippen LogP contribution is -2.32. The smallest absolute Gasteiger partial charge is 0.275 e. The van der Waals surface area contributed by atoms with E-state index in [4.69, 9.17) is 27.7 Å². The van der Waals surface area contributed by atoms with Gasteiger partial charge in [-0.15, -0.1) is 0 Å². The number of hydrogen-bond acceptors (Lipinski definition) is 3. The first kappa shape index (κ1) is 14.4. The third-order valence-electron chi connectivity index (χ3n) is 3.65. The van der Waals surface area contributed by atoms with Crippen molar-refractivity contribution in [3.8, 4) is 11.3 Å². The molecule has 1 fully saturated rings. The van der Waals surface area contributed by atoms with E-state index in [1.807, 2.05) is 0 Å². The van der Waals surface area contributed by atoms with Crippen LogP contribution in [-0.2, 0) is 0 Å². The van der Waals surface area contributed by atoms with E-state index in [9.17, 15) is 4.79 Å². The number of aromatic nitrogens is 1. The topological polar surface area (TPSA) is 55.1 Å². The van der Waals surface area contributed by atoms with Gasteiger partial charge in [0.15, 0.2) is 11.5 Å². The summed E-state index contributed by atoms with van der Waals surface area (Å²) in [6.07, 6.45) is 4.30. The molecule has 1 aromatic carbocycles. The summed E-state index contributed by atoms with van der Waals surface area (Å²) in [7, 11) is 0. The molecule has 1 heterocycles. The van der Waals surface area contributed by atoms with Gasteiger partial charge in [0, 0.05) is 16.6 Å². The van der Waals surface area contributed by atoms with E-state index < -0.39 is 0 Å². The summed E-state index contributed by atoms with van der Waals surface area (Å²) < 4.78 is 5.22. The molecule has 110 valence electrons. The van der Waals surface area contributed by atoms with Crippen molar-refractivity contribution in [2.45, 2.75) is 31.7 Å². The van der Waals surface area contributed by atoms with Crippen molar-refractivity contribution >= 4 is 29.1 Å². The minimum absolute atomic E-state index is 0.133. The Morgan fingerprint density at radius 2 is 1.86 bits per heavy atom. The predicted molar refractivity (Wildman–Crippen MR) is 81.7 cm³/mol. The summed E-state index contributed by atoms with van der Waals surface area (Å²) in [4.78, 5) is 12.2. The highest BCUT2D eigenvalue weighted by atomic mass is 35.5. The normalized spacial score (nSPS) is 15.3. The van der Waals surface area contributed by atoms with E-state index in [-0.39, 0.29) is 22.7 Å². The van der Waals surface area contributed by atoms with Crippen LogP contribution in [0.5, 0.6) is 0 Å². The molecular weight excluding hydrogens is 311 g/mol. The molecule has 0 spiro atoms. The number of halogens is 2. The average Bonchev–Trinajstić information content (AvgIpc) is 3.09. The van der Waals surface area contributed by atoms with Crippen LogP contribution in [-0.4, -0.2) is 17.1 Å². The Labute approximate surface area is 132 Å². The zero-order valence-corrected chi connectivity index (χ0v) is 12.7. The number of nitrogens with zero attached hydrogens (tertiary/aromatic N) is 1. The second kappa shape index (κ2) is 6.08. The summed E-state index contributed by atoms with van der Waals surface area (Å²) in [5, 5.41) is 7.60. The number of nitrogens with one attached hydrogen (secondary N) is 1. The van der Waals surface area contributed by atoms with Crippen LogP contribution in [0.2, 0.25) is 10.0 Å². The second-order valence-electron chi connectivity index (χ2n) is 5.14. The molecule has 21 heavy (non-hydrogen) atoms. The monoisotopic (exact) mass is 324 g/mol. The quantitative estimate of drug-likeness (QED) is 0.914. The fourth-order valence-electron chi connectivity index (χ4n) is 2.52. The fourth-order valence-corrected chi connectivity index (χ4v) is 2.91. The Kier molecular flexibility index (Phi) is 4.17. The Hall–Kier alpha value is -1.52. The summed E-state index contributed by atoms with van der Waals surface area (Å²) in [6, 6.07) is 7.22. The van der Waals surface area contributed by atoms with E-state index in [2.05, 4.69) is 10.5 Å². The van der Waals surface area contributed by atoms with Gasteiger partial charge in [0.25, 0.3) is 5.91 Å². The summed E-state index contributed by atoms with van der Waals surface area (Å²) in [5.41, 5.74) is 0.866. The van der Waals surface area contributed by atoms with Gasteiger partial charge in [-0.25, -0.2) is 0 Å². The average molecular weight is 325 g/mol. The van der Waals surface area contributed by atoms with Crippen molar-refractivity contribution in [2.75, 3.05) is 0 Å². The minimum Gasteiger partial charge on any atom is -0.354 e. The van der Waals surface area contributed by atoms with Gasteiger partial charge in [0.05, 0.1) is 0 Å². The first-order valence-corrected chi connectivity index (χ1v) is 7.62. The van der Waals surface area contributed by atoms with Crippen LogP contribution in [0.15, 0.2) is 28.8 Å². The van der Waals surface area contributed by atoms with E-state index in [1.165, 1.54) is 0 Å². The van der Waals surface area contributed by atoms with Gasteiger partial charge in [0.1, 0.15) is 5.02 Å². The standard InChI is InChI=1S/C15H14Cl2N2O2/c16-10-7-5-9(6-8-10)14-12(17)13(19-21-14)15(20)18-11-3-1-2-4-11/h5-8,11H,1-4H2,(H,18,20). The minimum atomic E-state index is -0.282.